The Hall–Kier alpha value is -1.91. The molecular formula is C22H31FN2O2. The molecule has 0 spiro atoms. The van der Waals surface area contributed by atoms with Gasteiger partial charge in [-0.25, -0.2) is 4.39 Å². The average molecular weight is 375 g/mol. The van der Waals surface area contributed by atoms with Gasteiger partial charge in [-0.15, -0.1) is 0 Å². The predicted octanol–water partition coefficient (Wildman–Crippen LogP) is 3.79. The molecule has 0 bridgehead atoms. The first-order valence-electron chi connectivity index (χ1n) is 10.1. The fourth-order valence-corrected chi connectivity index (χ4v) is 4.41. The van der Waals surface area contributed by atoms with Crippen molar-refractivity contribution in [3.8, 4) is 0 Å². The van der Waals surface area contributed by atoms with Crippen molar-refractivity contribution in [2.24, 2.45) is 5.41 Å². The summed E-state index contributed by atoms with van der Waals surface area (Å²) in [6, 6.07) is 6.40. The molecule has 1 atom stereocenters. The number of nitrogens with one attached hydrogen (secondary N) is 1. The molecule has 0 radical (unpaired) electrons. The van der Waals surface area contributed by atoms with E-state index in [2.05, 4.69) is 5.32 Å². The number of benzene rings is 1. The molecule has 1 aliphatic heterocycles. The second-order valence-electron chi connectivity index (χ2n) is 8.98. The molecule has 0 aromatic heterocycles. The number of amides is 2. The highest BCUT2D eigenvalue weighted by Crippen LogP contribution is 2.34. The predicted molar refractivity (Wildman–Crippen MR) is 104 cm³/mol. The van der Waals surface area contributed by atoms with Crippen LogP contribution in [0.1, 0.15) is 64.9 Å². The zero-order valence-electron chi connectivity index (χ0n) is 16.7. The van der Waals surface area contributed by atoms with E-state index in [0.717, 1.165) is 31.2 Å². The van der Waals surface area contributed by atoms with E-state index in [1.165, 1.54) is 25.0 Å². The topological polar surface area (TPSA) is 49.4 Å². The van der Waals surface area contributed by atoms with Crippen molar-refractivity contribution in [1.29, 1.82) is 0 Å². The number of rotatable bonds is 4. The van der Waals surface area contributed by atoms with Crippen molar-refractivity contribution < 1.29 is 14.0 Å². The Bertz CT molecular complexity index is 695. The van der Waals surface area contributed by atoms with Crippen LogP contribution in [0.5, 0.6) is 0 Å². The van der Waals surface area contributed by atoms with Crippen molar-refractivity contribution in [2.45, 2.75) is 70.8 Å². The third-order valence-electron chi connectivity index (χ3n) is 6.32. The zero-order chi connectivity index (χ0) is 19.7. The van der Waals surface area contributed by atoms with E-state index in [0.29, 0.717) is 13.1 Å². The number of likely N-dealkylation sites (tertiary alicyclic amines) is 1. The molecule has 1 heterocycles. The SMILES string of the molecule is CC(C)(C(=O)N1CCC[C@](C)(C(=O)NC2CCCC2)C1)c1ccc(F)cc1. The first kappa shape index (κ1) is 19.8. The Morgan fingerprint density at radius 1 is 1.15 bits per heavy atom. The Balaban J connectivity index is 1.71. The van der Waals surface area contributed by atoms with Gasteiger partial charge in [-0.05, 0) is 64.2 Å². The van der Waals surface area contributed by atoms with Gasteiger partial charge < -0.3 is 10.2 Å². The molecule has 2 amide bonds. The molecule has 27 heavy (non-hydrogen) atoms. The van der Waals surface area contributed by atoms with Gasteiger partial charge in [-0.1, -0.05) is 25.0 Å². The van der Waals surface area contributed by atoms with Crippen LogP contribution < -0.4 is 5.32 Å². The average Bonchev–Trinajstić information content (AvgIpc) is 3.14. The molecule has 5 heteroatoms. The molecule has 4 nitrogen and oxygen atoms in total. The first-order chi connectivity index (χ1) is 12.7. The van der Waals surface area contributed by atoms with Crippen molar-refractivity contribution in [3.63, 3.8) is 0 Å². The van der Waals surface area contributed by atoms with Crippen LogP contribution in [0.3, 0.4) is 0 Å². The van der Waals surface area contributed by atoms with Crippen LogP contribution in [0.15, 0.2) is 24.3 Å². The normalized spacial score (nSPS) is 24.1. The van der Waals surface area contributed by atoms with E-state index >= 15 is 0 Å². The van der Waals surface area contributed by atoms with Crippen LogP contribution in [0.2, 0.25) is 0 Å². The minimum atomic E-state index is -0.756. The monoisotopic (exact) mass is 374 g/mol. The molecule has 1 N–H and O–H groups in total. The van der Waals surface area contributed by atoms with E-state index in [1.54, 1.807) is 12.1 Å². The summed E-state index contributed by atoms with van der Waals surface area (Å²) >= 11 is 0. The van der Waals surface area contributed by atoms with E-state index in [9.17, 15) is 14.0 Å². The molecular weight excluding hydrogens is 343 g/mol. The number of nitrogens with zero attached hydrogens (tertiary/aromatic N) is 1. The van der Waals surface area contributed by atoms with Gasteiger partial charge in [0.2, 0.25) is 11.8 Å². The van der Waals surface area contributed by atoms with Crippen LogP contribution >= 0.6 is 0 Å². The van der Waals surface area contributed by atoms with Crippen LogP contribution in [0.4, 0.5) is 4.39 Å². The van der Waals surface area contributed by atoms with E-state index < -0.39 is 10.8 Å². The summed E-state index contributed by atoms with van der Waals surface area (Å²) in [7, 11) is 0. The fraction of sp³-hybridized carbons (Fsp3) is 0.636. The second kappa shape index (κ2) is 7.61. The van der Waals surface area contributed by atoms with Crippen molar-refractivity contribution >= 4 is 11.8 Å². The Morgan fingerprint density at radius 2 is 1.78 bits per heavy atom. The van der Waals surface area contributed by atoms with Gasteiger partial charge in [0.1, 0.15) is 5.82 Å². The number of carbonyl (C=O) groups excluding carboxylic acids is 2. The maximum Gasteiger partial charge on any atom is 0.232 e. The quantitative estimate of drug-likeness (QED) is 0.872. The van der Waals surface area contributed by atoms with Gasteiger partial charge in [0.25, 0.3) is 0 Å². The summed E-state index contributed by atoms with van der Waals surface area (Å²) in [4.78, 5) is 28.0. The molecule has 2 aliphatic rings. The van der Waals surface area contributed by atoms with E-state index in [1.807, 2.05) is 25.7 Å². The summed E-state index contributed by atoms with van der Waals surface area (Å²) in [5.74, 6) is -0.240. The molecule has 1 aliphatic carbocycles. The second-order valence-corrected chi connectivity index (χ2v) is 8.98. The Morgan fingerprint density at radius 3 is 2.41 bits per heavy atom. The molecule has 1 aromatic rings. The standard InChI is InChI=1S/C22H31FN2O2/c1-21(2,16-9-11-17(23)12-10-16)20(27)25-14-6-13-22(3,15-25)19(26)24-18-7-4-5-8-18/h9-12,18H,4-8,13-15H2,1-3H3,(H,24,26)/t22-/m0/s1. The van der Waals surface area contributed by atoms with E-state index in [-0.39, 0.29) is 23.7 Å². The summed E-state index contributed by atoms with van der Waals surface area (Å²) in [5.41, 5.74) is -0.514. The maximum absolute atomic E-state index is 13.3. The molecule has 148 valence electrons. The van der Waals surface area contributed by atoms with Crippen LogP contribution in [-0.4, -0.2) is 35.8 Å². The number of hydrogen-bond acceptors (Lipinski definition) is 2. The highest BCUT2D eigenvalue weighted by Gasteiger charge is 2.43. The fourth-order valence-electron chi connectivity index (χ4n) is 4.41. The van der Waals surface area contributed by atoms with Gasteiger partial charge >= 0.3 is 0 Å². The Kier molecular flexibility index (Phi) is 5.59. The molecule has 3 rings (SSSR count). The minimum Gasteiger partial charge on any atom is -0.353 e. The van der Waals surface area contributed by atoms with Crippen molar-refractivity contribution in [1.82, 2.24) is 10.2 Å². The third-order valence-corrected chi connectivity index (χ3v) is 6.32. The number of hydrogen-bond donors (Lipinski definition) is 1. The zero-order valence-corrected chi connectivity index (χ0v) is 16.7. The maximum atomic E-state index is 13.3. The highest BCUT2D eigenvalue weighted by atomic mass is 19.1. The Labute approximate surface area is 161 Å². The lowest BCUT2D eigenvalue weighted by atomic mass is 9.78. The summed E-state index contributed by atoms with van der Waals surface area (Å²) < 4.78 is 13.2. The molecule has 2 fully saturated rings. The van der Waals surface area contributed by atoms with Gasteiger partial charge in [-0.3, -0.25) is 9.59 Å². The van der Waals surface area contributed by atoms with Crippen molar-refractivity contribution in [3.05, 3.63) is 35.6 Å². The van der Waals surface area contributed by atoms with E-state index in [4.69, 9.17) is 0 Å². The minimum absolute atomic E-state index is 0.00583. The molecule has 1 saturated heterocycles. The smallest absolute Gasteiger partial charge is 0.232 e. The number of piperidine rings is 1. The molecule has 0 unspecified atom stereocenters. The lowest BCUT2D eigenvalue weighted by molar-refractivity contribution is -0.144. The lowest BCUT2D eigenvalue weighted by Crippen LogP contribution is -2.56. The van der Waals surface area contributed by atoms with Gasteiger partial charge in [0.15, 0.2) is 0 Å². The summed E-state index contributed by atoms with van der Waals surface area (Å²) in [6.07, 6.45) is 6.09. The van der Waals surface area contributed by atoms with Crippen LogP contribution in [-0.2, 0) is 15.0 Å². The van der Waals surface area contributed by atoms with Crippen LogP contribution in [0, 0.1) is 11.2 Å². The van der Waals surface area contributed by atoms with Gasteiger partial charge in [-0.2, -0.15) is 0 Å². The number of halogens is 1. The molecule has 1 saturated carbocycles. The van der Waals surface area contributed by atoms with Gasteiger partial charge in [0.05, 0.1) is 10.8 Å². The highest BCUT2D eigenvalue weighted by molar-refractivity contribution is 5.89. The summed E-state index contributed by atoms with van der Waals surface area (Å²) in [6.45, 7) is 6.81. The largest absolute Gasteiger partial charge is 0.353 e. The number of carbonyl (C=O) groups is 2. The van der Waals surface area contributed by atoms with Crippen molar-refractivity contribution in [2.75, 3.05) is 13.1 Å². The molecule has 1 aromatic carbocycles. The lowest BCUT2D eigenvalue weighted by Gasteiger charge is -2.42. The van der Waals surface area contributed by atoms with Crippen LogP contribution in [0.25, 0.3) is 0 Å². The van der Waals surface area contributed by atoms with Gasteiger partial charge in [0, 0.05) is 19.1 Å². The first-order valence-corrected chi connectivity index (χ1v) is 10.1. The summed E-state index contributed by atoms with van der Waals surface area (Å²) in [5, 5.41) is 3.21. The third kappa shape index (κ3) is 4.17.